The Labute approximate surface area is 161 Å². The topological polar surface area (TPSA) is 50.8 Å². The first-order valence-electron chi connectivity index (χ1n) is 9.62. The molecule has 0 saturated carbocycles. The highest BCUT2D eigenvalue weighted by Gasteiger charge is 2.18. The Morgan fingerprint density at radius 3 is 2.48 bits per heavy atom. The third-order valence-corrected chi connectivity index (χ3v) is 4.86. The molecule has 1 aliphatic heterocycles. The molecule has 0 aromatic heterocycles. The number of amides is 1. The van der Waals surface area contributed by atoms with Crippen molar-refractivity contribution < 1.29 is 14.3 Å². The summed E-state index contributed by atoms with van der Waals surface area (Å²) in [5.41, 5.74) is 2.35. The van der Waals surface area contributed by atoms with Gasteiger partial charge in [0.15, 0.2) is 6.10 Å². The molecule has 1 amide bonds. The molecule has 2 aromatic carbocycles. The van der Waals surface area contributed by atoms with E-state index in [2.05, 4.69) is 34.5 Å². The van der Waals surface area contributed by atoms with Crippen LogP contribution in [0.4, 0.5) is 5.69 Å². The van der Waals surface area contributed by atoms with Gasteiger partial charge in [-0.3, -0.25) is 4.79 Å². The van der Waals surface area contributed by atoms with Crippen molar-refractivity contribution in [3.8, 4) is 11.5 Å². The molecule has 144 valence electrons. The van der Waals surface area contributed by atoms with E-state index < -0.39 is 6.10 Å². The van der Waals surface area contributed by atoms with Crippen LogP contribution in [0.3, 0.4) is 0 Å². The van der Waals surface area contributed by atoms with Gasteiger partial charge in [0, 0.05) is 31.4 Å². The predicted octanol–water partition coefficient (Wildman–Crippen LogP) is 3.77. The van der Waals surface area contributed by atoms with Crippen LogP contribution in [-0.2, 0) is 11.3 Å². The zero-order valence-corrected chi connectivity index (χ0v) is 16.1. The van der Waals surface area contributed by atoms with Gasteiger partial charge in [-0.1, -0.05) is 25.1 Å². The van der Waals surface area contributed by atoms with Crippen molar-refractivity contribution in [1.82, 2.24) is 5.32 Å². The molecule has 5 nitrogen and oxygen atoms in total. The largest absolute Gasteiger partial charge is 0.497 e. The second kappa shape index (κ2) is 9.31. The smallest absolute Gasteiger partial charge is 0.261 e. The Balaban J connectivity index is 1.53. The summed E-state index contributed by atoms with van der Waals surface area (Å²) in [6.07, 6.45) is 2.60. The maximum Gasteiger partial charge on any atom is 0.261 e. The van der Waals surface area contributed by atoms with Crippen molar-refractivity contribution in [3.05, 3.63) is 54.1 Å². The summed E-state index contributed by atoms with van der Waals surface area (Å²) in [5.74, 6) is 1.23. The fourth-order valence-corrected chi connectivity index (χ4v) is 3.26. The fourth-order valence-electron chi connectivity index (χ4n) is 3.26. The molecule has 3 rings (SSSR count). The maximum atomic E-state index is 12.5. The minimum absolute atomic E-state index is 0.107. The SMILES string of the molecule is CCC(Oc1cccc(OC)c1)C(=O)NCc1ccc(N2CCCC2)cc1. The van der Waals surface area contributed by atoms with Crippen molar-refractivity contribution in [3.63, 3.8) is 0 Å². The summed E-state index contributed by atoms with van der Waals surface area (Å²) in [4.78, 5) is 14.9. The van der Waals surface area contributed by atoms with Crippen LogP contribution >= 0.6 is 0 Å². The second-order valence-corrected chi connectivity index (χ2v) is 6.77. The number of hydrogen-bond donors (Lipinski definition) is 1. The Morgan fingerprint density at radius 1 is 1.11 bits per heavy atom. The molecule has 0 radical (unpaired) electrons. The minimum Gasteiger partial charge on any atom is -0.497 e. The van der Waals surface area contributed by atoms with Crippen LogP contribution in [-0.4, -0.2) is 32.2 Å². The van der Waals surface area contributed by atoms with E-state index in [1.807, 2.05) is 25.1 Å². The third-order valence-electron chi connectivity index (χ3n) is 4.86. The Morgan fingerprint density at radius 2 is 1.81 bits per heavy atom. The molecule has 1 heterocycles. The van der Waals surface area contributed by atoms with Gasteiger partial charge in [0.2, 0.25) is 0 Å². The highest BCUT2D eigenvalue weighted by atomic mass is 16.5. The van der Waals surface area contributed by atoms with E-state index in [0.29, 0.717) is 24.5 Å². The van der Waals surface area contributed by atoms with Gasteiger partial charge in [0.05, 0.1) is 7.11 Å². The number of methoxy groups -OCH3 is 1. The standard InChI is InChI=1S/C22H28N2O3/c1-3-21(27-20-8-6-7-19(15-20)26-2)22(25)23-16-17-9-11-18(12-10-17)24-13-4-5-14-24/h6-12,15,21H,3-5,13-14,16H2,1-2H3,(H,23,25). The molecule has 5 heteroatoms. The van der Waals surface area contributed by atoms with Gasteiger partial charge in [0.1, 0.15) is 11.5 Å². The van der Waals surface area contributed by atoms with Crippen LogP contribution in [0.1, 0.15) is 31.7 Å². The van der Waals surface area contributed by atoms with E-state index in [4.69, 9.17) is 9.47 Å². The first kappa shape index (κ1) is 19.1. The summed E-state index contributed by atoms with van der Waals surface area (Å²) in [6, 6.07) is 15.7. The van der Waals surface area contributed by atoms with Crippen molar-refractivity contribution >= 4 is 11.6 Å². The lowest BCUT2D eigenvalue weighted by atomic mass is 10.2. The monoisotopic (exact) mass is 368 g/mol. The molecule has 1 unspecified atom stereocenters. The van der Waals surface area contributed by atoms with Gasteiger partial charge in [-0.15, -0.1) is 0 Å². The zero-order valence-electron chi connectivity index (χ0n) is 16.1. The van der Waals surface area contributed by atoms with Gasteiger partial charge < -0.3 is 19.7 Å². The van der Waals surface area contributed by atoms with Gasteiger partial charge >= 0.3 is 0 Å². The molecule has 0 bridgehead atoms. The summed E-state index contributed by atoms with van der Waals surface area (Å²) in [5, 5.41) is 2.98. The lowest BCUT2D eigenvalue weighted by molar-refractivity contribution is -0.128. The Bertz CT molecular complexity index is 739. The number of carbonyl (C=O) groups excluding carboxylic acids is 1. The number of ether oxygens (including phenoxy) is 2. The summed E-state index contributed by atoms with van der Waals surface area (Å²) >= 11 is 0. The Kier molecular flexibility index (Phi) is 6.58. The third kappa shape index (κ3) is 5.16. The molecule has 1 saturated heterocycles. The molecular weight excluding hydrogens is 340 g/mol. The summed E-state index contributed by atoms with van der Waals surface area (Å²) in [7, 11) is 1.61. The number of anilines is 1. The minimum atomic E-state index is -0.527. The number of hydrogen-bond acceptors (Lipinski definition) is 4. The van der Waals surface area contributed by atoms with E-state index in [1.54, 1.807) is 13.2 Å². The van der Waals surface area contributed by atoms with Crippen molar-refractivity contribution in [2.45, 2.75) is 38.8 Å². The molecule has 1 atom stereocenters. The highest BCUT2D eigenvalue weighted by molar-refractivity contribution is 5.81. The Hall–Kier alpha value is -2.69. The van der Waals surface area contributed by atoms with Crippen molar-refractivity contribution in [2.75, 3.05) is 25.1 Å². The van der Waals surface area contributed by atoms with Crippen LogP contribution < -0.4 is 19.7 Å². The molecule has 1 fully saturated rings. The van der Waals surface area contributed by atoms with E-state index >= 15 is 0 Å². The number of nitrogens with zero attached hydrogens (tertiary/aromatic N) is 1. The van der Waals surface area contributed by atoms with Gasteiger partial charge in [-0.2, -0.15) is 0 Å². The van der Waals surface area contributed by atoms with Gasteiger partial charge in [-0.05, 0) is 49.1 Å². The lowest BCUT2D eigenvalue weighted by Crippen LogP contribution is -2.37. The molecule has 2 aromatic rings. The quantitative estimate of drug-likeness (QED) is 0.771. The van der Waals surface area contributed by atoms with E-state index in [0.717, 1.165) is 18.7 Å². The van der Waals surface area contributed by atoms with Gasteiger partial charge in [-0.25, -0.2) is 0 Å². The predicted molar refractivity (Wildman–Crippen MR) is 107 cm³/mol. The van der Waals surface area contributed by atoms with Crippen LogP contribution in [0.5, 0.6) is 11.5 Å². The zero-order chi connectivity index (χ0) is 19.1. The molecular formula is C22H28N2O3. The van der Waals surface area contributed by atoms with Gasteiger partial charge in [0.25, 0.3) is 5.91 Å². The first-order valence-corrected chi connectivity index (χ1v) is 9.62. The summed E-state index contributed by atoms with van der Waals surface area (Å²) < 4.78 is 11.0. The van der Waals surface area contributed by atoms with Crippen molar-refractivity contribution in [2.24, 2.45) is 0 Å². The molecule has 27 heavy (non-hydrogen) atoms. The van der Waals surface area contributed by atoms with Crippen LogP contribution in [0.2, 0.25) is 0 Å². The van der Waals surface area contributed by atoms with E-state index in [1.165, 1.54) is 18.5 Å². The number of benzene rings is 2. The normalized spacial score (nSPS) is 14.7. The average molecular weight is 368 g/mol. The molecule has 0 aliphatic carbocycles. The molecule has 1 N–H and O–H groups in total. The van der Waals surface area contributed by atoms with E-state index in [9.17, 15) is 4.79 Å². The second-order valence-electron chi connectivity index (χ2n) is 6.77. The first-order chi connectivity index (χ1) is 13.2. The summed E-state index contributed by atoms with van der Waals surface area (Å²) in [6.45, 7) is 4.71. The lowest BCUT2D eigenvalue weighted by Gasteiger charge is -2.19. The molecule has 1 aliphatic rings. The molecule has 0 spiro atoms. The fraction of sp³-hybridized carbons (Fsp3) is 0.409. The van der Waals surface area contributed by atoms with Crippen LogP contribution in [0.25, 0.3) is 0 Å². The highest BCUT2D eigenvalue weighted by Crippen LogP contribution is 2.22. The van der Waals surface area contributed by atoms with Crippen LogP contribution in [0.15, 0.2) is 48.5 Å². The van der Waals surface area contributed by atoms with Crippen molar-refractivity contribution in [1.29, 1.82) is 0 Å². The van der Waals surface area contributed by atoms with Crippen LogP contribution in [0, 0.1) is 0 Å². The average Bonchev–Trinajstić information content (AvgIpc) is 3.25. The number of nitrogens with one attached hydrogen (secondary N) is 1. The van der Waals surface area contributed by atoms with E-state index in [-0.39, 0.29) is 5.91 Å². The number of carbonyl (C=O) groups is 1. The number of rotatable bonds is 8. The maximum absolute atomic E-state index is 12.5.